The molecule has 0 saturated heterocycles. The quantitative estimate of drug-likeness (QED) is 0.618. The average molecular weight is 439 g/mol. The first kappa shape index (κ1) is 21.1. The third kappa shape index (κ3) is 4.65. The van der Waals surface area contributed by atoms with Gasteiger partial charge in [-0.2, -0.15) is 0 Å². The summed E-state index contributed by atoms with van der Waals surface area (Å²) >= 11 is 1.47. The van der Waals surface area contributed by atoms with E-state index in [1.54, 1.807) is 17.6 Å². The summed E-state index contributed by atoms with van der Waals surface area (Å²) in [6.07, 6.45) is 2.47. The largest absolute Gasteiger partial charge is 0.365 e. The van der Waals surface area contributed by atoms with E-state index in [1.165, 1.54) is 23.5 Å². The van der Waals surface area contributed by atoms with Crippen LogP contribution < -0.4 is 16.0 Å². The van der Waals surface area contributed by atoms with E-state index >= 15 is 0 Å². The van der Waals surface area contributed by atoms with Gasteiger partial charge in [0, 0.05) is 41.7 Å². The van der Waals surface area contributed by atoms with Crippen molar-refractivity contribution >= 4 is 28.7 Å². The zero-order chi connectivity index (χ0) is 22.0. The number of likely N-dealkylation sites (N-methyl/N-ethyl adjacent to an activating group) is 1. The van der Waals surface area contributed by atoms with Crippen molar-refractivity contribution in [1.29, 1.82) is 0 Å². The van der Waals surface area contributed by atoms with Crippen molar-refractivity contribution in [3.05, 3.63) is 70.6 Å². The summed E-state index contributed by atoms with van der Waals surface area (Å²) in [5, 5.41) is 4.75. The number of benzene rings is 1. The van der Waals surface area contributed by atoms with E-state index in [-0.39, 0.29) is 30.1 Å². The number of fused-ring (bicyclic) bond motifs is 1. The Balaban J connectivity index is 1.52. The van der Waals surface area contributed by atoms with E-state index in [1.807, 2.05) is 30.1 Å². The normalized spacial score (nSPS) is 14.3. The molecule has 0 unspecified atom stereocenters. The lowest BCUT2D eigenvalue weighted by atomic mass is 10.0. The van der Waals surface area contributed by atoms with Gasteiger partial charge < -0.3 is 16.0 Å². The molecule has 1 atom stereocenters. The molecule has 1 aliphatic rings. The second-order valence-corrected chi connectivity index (χ2v) is 8.58. The van der Waals surface area contributed by atoms with E-state index < -0.39 is 0 Å². The Bertz CT molecular complexity index is 1130. The molecule has 1 amide bonds. The fourth-order valence-electron chi connectivity index (χ4n) is 3.84. The smallest absolute Gasteiger partial charge is 0.252 e. The lowest BCUT2D eigenvalue weighted by molar-refractivity contribution is -0.117. The van der Waals surface area contributed by atoms with Gasteiger partial charge in [0.25, 0.3) is 5.91 Å². The van der Waals surface area contributed by atoms with Gasteiger partial charge in [0.05, 0.1) is 29.9 Å². The number of amides is 1. The molecule has 0 spiro atoms. The number of nitrogens with two attached hydrogens (primary N) is 1. The highest BCUT2D eigenvalue weighted by Gasteiger charge is 2.25. The number of ketones is 1. The number of thiophene rings is 1. The molecule has 3 N–H and O–H groups in total. The zero-order valence-electron chi connectivity index (χ0n) is 17.1. The molecule has 0 fully saturated rings. The van der Waals surface area contributed by atoms with Crippen LogP contribution in [0.2, 0.25) is 0 Å². The van der Waals surface area contributed by atoms with Crippen LogP contribution in [0.15, 0.2) is 48.0 Å². The number of anilines is 1. The second-order valence-electron chi connectivity index (χ2n) is 7.67. The first-order chi connectivity index (χ1) is 14.9. The molecule has 8 heteroatoms. The summed E-state index contributed by atoms with van der Waals surface area (Å²) in [4.78, 5) is 31.9. The molecule has 0 radical (unpaired) electrons. The van der Waals surface area contributed by atoms with Crippen LogP contribution >= 0.6 is 11.3 Å². The molecule has 2 aromatic heterocycles. The van der Waals surface area contributed by atoms with Gasteiger partial charge in [-0.25, -0.2) is 4.39 Å². The third-order valence-corrected chi connectivity index (χ3v) is 6.24. The van der Waals surface area contributed by atoms with E-state index in [0.29, 0.717) is 24.9 Å². The van der Waals surface area contributed by atoms with Gasteiger partial charge in [-0.1, -0.05) is 12.1 Å². The van der Waals surface area contributed by atoms with Gasteiger partial charge in [0.2, 0.25) is 0 Å². The van der Waals surface area contributed by atoms with Crippen LogP contribution in [-0.4, -0.2) is 42.9 Å². The third-order valence-electron chi connectivity index (χ3n) is 5.28. The van der Waals surface area contributed by atoms with Crippen molar-refractivity contribution in [2.24, 2.45) is 5.73 Å². The highest BCUT2D eigenvalue weighted by atomic mass is 32.1. The number of nitrogens with zero attached hydrogens (tertiary/aromatic N) is 2. The van der Waals surface area contributed by atoms with Gasteiger partial charge in [0.1, 0.15) is 5.82 Å². The topological polar surface area (TPSA) is 88.3 Å². The van der Waals surface area contributed by atoms with E-state index in [0.717, 1.165) is 27.4 Å². The maximum Gasteiger partial charge on any atom is 0.252 e. The summed E-state index contributed by atoms with van der Waals surface area (Å²) in [7, 11) is 1.88. The van der Waals surface area contributed by atoms with Gasteiger partial charge in [-0.15, -0.1) is 11.3 Å². The fraction of sp³-hybridized carbons (Fsp3) is 0.261. The van der Waals surface area contributed by atoms with Crippen LogP contribution in [0, 0.1) is 5.82 Å². The van der Waals surface area contributed by atoms with Gasteiger partial charge in [-0.3, -0.25) is 14.6 Å². The monoisotopic (exact) mass is 438 g/mol. The molecule has 0 saturated carbocycles. The van der Waals surface area contributed by atoms with Gasteiger partial charge in [0.15, 0.2) is 5.78 Å². The molecule has 6 nitrogen and oxygen atoms in total. The first-order valence-electron chi connectivity index (χ1n) is 9.99. The molecule has 160 valence electrons. The molecule has 1 aromatic carbocycles. The number of pyridine rings is 1. The van der Waals surface area contributed by atoms with Crippen LogP contribution in [0.3, 0.4) is 0 Å². The van der Waals surface area contributed by atoms with Crippen molar-refractivity contribution in [2.75, 3.05) is 25.0 Å². The molecule has 0 aliphatic carbocycles. The Kier molecular flexibility index (Phi) is 6.11. The Labute approximate surface area is 183 Å². The van der Waals surface area contributed by atoms with Crippen LogP contribution in [0.4, 0.5) is 10.1 Å². The number of rotatable bonds is 6. The van der Waals surface area contributed by atoms with Crippen molar-refractivity contribution in [3.8, 4) is 10.4 Å². The molecule has 4 rings (SSSR count). The number of nitrogens with one attached hydrogen (secondary N) is 1. The summed E-state index contributed by atoms with van der Waals surface area (Å²) in [5.41, 5.74) is 9.81. The number of Topliss-reactive ketones (excluding diaryl/α,β-unsaturated/α-hetero) is 1. The van der Waals surface area contributed by atoms with Crippen LogP contribution in [-0.2, 0) is 17.6 Å². The van der Waals surface area contributed by atoms with Gasteiger partial charge >= 0.3 is 0 Å². The van der Waals surface area contributed by atoms with Crippen molar-refractivity contribution in [1.82, 2.24) is 10.3 Å². The second kappa shape index (κ2) is 8.95. The number of halogens is 1. The van der Waals surface area contributed by atoms with Gasteiger partial charge in [-0.05, 0) is 36.2 Å². The minimum atomic E-state index is -0.311. The Morgan fingerprint density at radius 2 is 2.19 bits per heavy atom. The number of aromatic nitrogens is 1. The molecular formula is C23H23FN4O2S. The molecule has 1 aliphatic heterocycles. The predicted octanol–water partition coefficient (Wildman–Crippen LogP) is 2.81. The number of carbonyl (C=O) groups is 2. The molecule has 31 heavy (non-hydrogen) atoms. The van der Waals surface area contributed by atoms with Crippen LogP contribution in [0.1, 0.15) is 21.6 Å². The number of hydrogen-bond donors (Lipinski definition) is 2. The Morgan fingerprint density at radius 3 is 2.97 bits per heavy atom. The molecule has 3 heterocycles. The minimum absolute atomic E-state index is 0.136. The van der Waals surface area contributed by atoms with Crippen LogP contribution in [0.5, 0.6) is 0 Å². The number of carbonyl (C=O) groups excluding carboxylic acids is 2. The Hall–Kier alpha value is -3.10. The summed E-state index contributed by atoms with van der Waals surface area (Å²) in [6.45, 7) is 0.596. The lowest BCUT2D eigenvalue weighted by Gasteiger charge is -2.27. The van der Waals surface area contributed by atoms with Crippen molar-refractivity contribution in [3.63, 3.8) is 0 Å². The highest BCUT2D eigenvalue weighted by molar-refractivity contribution is 7.14. The first-order valence-corrected chi connectivity index (χ1v) is 10.9. The summed E-state index contributed by atoms with van der Waals surface area (Å²) in [6, 6.07) is 9.74. The molecular weight excluding hydrogens is 415 g/mol. The SMILES string of the molecule is CN1CC(=O)Cc2nccc(-c3cc(C(=O)N[C@H](CN)Cc4cccc(F)c4)cs3)c21. The van der Waals surface area contributed by atoms with Crippen LogP contribution in [0.25, 0.3) is 10.4 Å². The maximum atomic E-state index is 13.4. The van der Waals surface area contributed by atoms with Crippen molar-refractivity contribution < 1.29 is 14.0 Å². The average Bonchev–Trinajstić information content (AvgIpc) is 3.23. The van der Waals surface area contributed by atoms with E-state index in [2.05, 4.69) is 10.3 Å². The summed E-state index contributed by atoms with van der Waals surface area (Å²) < 4.78 is 13.4. The van der Waals surface area contributed by atoms with Crippen molar-refractivity contribution in [2.45, 2.75) is 18.9 Å². The molecule has 3 aromatic rings. The minimum Gasteiger partial charge on any atom is -0.365 e. The standard InChI is InChI=1S/C23H23FN4O2S/c1-28-12-18(29)10-20-22(28)19(5-6-26-20)21-9-15(13-31-21)23(30)27-17(11-25)8-14-3-2-4-16(24)7-14/h2-7,9,13,17H,8,10-12,25H2,1H3,(H,27,30)/t17-/m0/s1. The Morgan fingerprint density at radius 1 is 1.35 bits per heavy atom. The zero-order valence-corrected chi connectivity index (χ0v) is 17.9. The highest BCUT2D eigenvalue weighted by Crippen LogP contribution is 2.37. The maximum absolute atomic E-state index is 13.4. The molecule has 0 bridgehead atoms. The van der Waals surface area contributed by atoms with E-state index in [4.69, 9.17) is 5.73 Å². The fourth-order valence-corrected chi connectivity index (χ4v) is 4.76. The van der Waals surface area contributed by atoms with E-state index in [9.17, 15) is 14.0 Å². The number of hydrogen-bond acceptors (Lipinski definition) is 6. The predicted molar refractivity (Wildman–Crippen MR) is 120 cm³/mol. The summed E-state index contributed by atoms with van der Waals surface area (Å²) in [5.74, 6) is -0.396. The lowest BCUT2D eigenvalue weighted by Crippen LogP contribution is -2.41.